The number of ether oxygens (including phenoxy) is 1. The normalized spacial score (nSPS) is 17.8. The number of carbonyl (C=O) groups is 2. The van der Waals surface area contributed by atoms with E-state index in [9.17, 15) is 27.2 Å². The zero-order valence-corrected chi connectivity index (χ0v) is 22.6. The molecule has 0 spiro atoms. The molecule has 2 aliphatic rings. The third kappa shape index (κ3) is 5.42. The largest absolute Gasteiger partial charge is 0.451 e. The van der Waals surface area contributed by atoms with Crippen LogP contribution in [0, 0.1) is 40.9 Å². The van der Waals surface area contributed by atoms with Crippen LogP contribution in [-0.2, 0) is 9.59 Å². The number of halogens is 5. The summed E-state index contributed by atoms with van der Waals surface area (Å²) in [5, 5.41) is 0. The van der Waals surface area contributed by atoms with Gasteiger partial charge in [0.2, 0.25) is 23.2 Å². The van der Waals surface area contributed by atoms with Crippen LogP contribution in [0.25, 0.3) is 0 Å². The highest BCUT2D eigenvalue weighted by Gasteiger charge is 2.40. The maximum Gasteiger partial charge on any atom is 0.290 e. The lowest BCUT2D eigenvalue weighted by Gasteiger charge is -2.23. The van der Waals surface area contributed by atoms with Gasteiger partial charge in [-0.3, -0.25) is 14.6 Å². The monoisotopic (exact) mass is 587 g/mol. The van der Waals surface area contributed by atoms with E-state index in [0.717, 1.165) is 25.0 Å². The quantitative estimate of drug-likeness (QED) is 0.173. The summed E-state index contributed by atoms with van der Waals surface area (Å²) in [4.78, 5) is 39.2. The average Bonchev–Trinajstić information content (AvgIpc) is 3.71. The fourth-order valence-electron chi connectivity index (χ4n) is 5.16. The molecule has 2 aromatic carbocycles. The number of nitrogens with two attached hydrogens (primary N) is 1. The van der Waals surface area contributed by atoms with Crippen LogP contribution in [-0.4, -0.2) is 52.4 Å². The molecular formula is C29H26F5N5O3. The number of nitrogen functional groups attached to an aromatic ring is 1. The minimum atomic E-state index is -1.77. The molecule has 42 heavy (non-hydrogen) atoms. The minimum absolute atomic E-state index is 0.0152. The number of hydrogen-bond donors (Lipinski definition) is 1. The number of rotatable bonds is 8. The van der Waals surface area contributed by atoms with Gasteiger partial charge >= 0.3 is 0 Å². The lowest BCUT2D eigenvalue weighted by molar-refractivity contribution is -0.144. The first-order valence-electron chi connectivity index (χ1n) is 13.2. The Morgan fingerprint density at radius 1 is 1.02 bits per heavy atom. The summed E-state index contributed by atoms with van der Waals surface area (Å²) in [6.07, 6.45) is 3.35. The highest BCUT2D eigenvalue weighted by atomic mass is 19.2. The molecule has 5 rings (SSSR count). The van der Waals surface area contributed by atoms with Gasteiger partial charge in [0.15, 0.2) is 11.6 Å². The summed E-state index contributed by atoms with van der Waals surface area (Å²) < 4.78 is 75.7. The highest BCUT2D eigenvalue weighted by molar-refractivity contribution is 6.37. The molecule has 220 valence electrons. The molecular weight excluding hydrogens is 561 g/mol. The smallest absolute Gasteiger partial charge is 0.290 e. The van der Waals surface area contributed by atoms with E-state index in [2.05, 4.69) is 15.0 Å². The van der Waals surface area contributed by atoms with E-state index in [0.29, 0.717) is 25.2 Å². The molecule has 2 atom stereocenters. The Morgan fingerprint density at radius 2 is 1.71 bits per heavy atom. The third-order valence-corrected chi connectivity index (χ3v) is 7.66. The second-order valence-corrected chi connectivity index (χ2v) is 10.4. The molecule has 1 saturated carbocycles. The van der Waals surface area contributed by atoms with Crippen molar-refractivity contribution in [2.75, 3.05) is 25.9 Å². The fourth-order valence-corrected chi connectivity index (χ4v) is 5.16. The molecule has 0 radical (unpaired) electrons. The predicted octanol–water partition coefficient (Wildman–Crippen LogP) is 4.94. The van der Waals surface area contributed by atoms with Crippen LogP contribution in [0.3, 0.4) is 0 Å². The summed E-state index contributed by atoms with van der Waals surface area (Å²) in [6, 6.07) is 3.16. The Labute approximate surface area is 237 Å². The van der Waals surface area contributed by atoms with E-state index >= 15 is 4.39 Å². The minimum Gasteiger partial charge on any atom is -0.451 e. The van der Waals surface area contributed by atoms with Crippen molar-refractivity contribution in [3.05, 3.63) is 76.5 Å². The SMILES string of the molecule is CN=C(c1ccc(Oc2c(F)c(F)cc(F)c2F)cc1F)c1c(N)ncnc1C(C)C1CCN(C(=O)C(=O)C2CC2)C1. The summed E-state index contributed by atoms with van der Waals surface area (Å²) in [6.45, 7) is 2.65. The van der Waals surface area contributed by atoms with Crippen molar-refractivity contribution in [3.8, 4) is 11.5 Å². The molecule has 2 N–H and O–H groups in total. The Hall–Kier alpha value is -4.42. The number of aliphatic imine (C=N–C) groups is 1. The Bertz CT molecular complexity index is 1580. The molecule has 8 nitrogen and oxygen atoms in total. The van der Waals surface area contributed by atoms with Gasteiger partial charge in [0, 0.05) is 49.7 Å². The molecule has 2 unspecified atom stereocenters. The standard InChI is InChI=1S/C29H26F5N5O3/c1-13(15-7-8-39(11-15)29(41)26(40)14-3-4-14)24-21(28(35)38-12-37-24)25(36-2)17-6-5-16(9-18(17)30)42-27-22(33)19(31)10-20(32)23(27)34/h5-6,9-10,12-15H,3-4,7-8,11H2,1-2H3,(H2,35,37,38). The maximum absolute atomic E-state index is 15.4. The number of amides is 1. The number of nitrogens with zero attached hydrogens (tertiary/aromatic N) is 4. The first-order valence-corrected chi connectivity index (χ1v) is 13.2. The first-order chi connectivity index (χ1) is 20.0. The number of ketones is 1. The maximum atomic E-state index is 15.4. The van der Waals surface area contributed by atoms with Gasteiger partial charge < -0.3 is 15.4 Å². The molecule has 2 fully saturated rings. The molecule has 1 aliphatic carbocycles. The molecule has 0 bridgehead atoms. The summed E-state index contributed by atoms with van der Waals surface area (Å²) in [7, 11) is 1.40. The number of hydrogen-bond acceptors (Lipinski definition) is 7. The van der Waals surface area contributed by atoms with Crippen LogP contribution in [0.4, 0.5) is 27.8 Å². The van der Waals surface area contributed by atoms with Crippen molar-refractivity contribution < 1.29 is 36.3 Å². The lowest BCUT2D eigenvalue weighted by Crippen LogP contribution is -2.36. The Balaban J connectivity index is 1.42. The molecule has 2 heterocycles. The van der Waals surface area contributed by atoms with Gasteiger partial charge in [-0.2, -0.15) is 8.78 Å². The summed E-state index contributed by atoms with van der Waals surface area (Å²) >= 11 is 0. The van der Waals surface area contributed by atoms with E-state index < -0.39 is 46.5 Å². The van der Waals surface area contributed by atoms with Gasteiger partial charge in [0.25, 0.3) is 5.91 Å². The zero-order chi connectivity index (χ0) is 30.3. The molecule has 1 aromatic heterocycles. The van der Waals surface area contributed by atoms with Gasteiger partial charge in [-0.15, -0.1) is 0 Å². The van der Waals surface area contributed by atoms with Crippen LogP contribution < -0.4 is 10.5 Å². The Morgan fingerprint density at radius 3 is 2.33 bits per heavy atom. The second kappa shape index (κ2) is 11.5. The van der Waals surface area contributed by atoms with Gasteiger partial charge in [-0.1, -0.05) is 6.92 Å². The van der Waals surface area contributed by atoms with E-state index in [-0.39, 0.29) is 52.3 Å². The molecule has 1 saturated heterocycles. The predicted molar refractivity (Wildman–Crippen MR) is 142 cm³/mol. The van der Waals surface area contributed by atoms with Gasteiger partial charge in [0.05, 0.1) is 17.0 Å². The van der Waals surface area contributed by atoms with Crippen molar-refractivity contribution in [2.45, 2.75) is 32.1 Å². The summed E-state index contributed by atoms with van der Waals surface area (Å²) in [5.41, 5.74) is 6.93. The molecule has 3 aromatic rings. The van der Waals surface area contributed by atoms with Crippen LogP contribution in [0.1, 0.15) is 48.9 Å². The van der Waals surface area contributed by atoms with Crippen molar-refractivity contribution in [1.82, 2.24) is 14.9 Å². The fraction of sp³-hybridized carbons (Fsp3) is 0.345. The highest BCUT2D eigenvalue weighted by Crippen LogP contribution is 2.37. The second-order valence-electron chi connectivity index (χ2n) is 10.4. The van der Waals surface area contributed by atoms with Gasteiger partial charge in [-0.05, 0) is 37.3 Å². The number of Topliss-reactive ketones (excluding diaryl/α,β-unsaturated/α-hetero) is 1. The van der Waals surface area contributed by atoms with E-state index in [1.54, 1.807) is 4.90 Å². The zero-order valence-electron chi connectivity index (χ0n) is 22.6. The van der Waals surface area contributed by atoms with Crippen LogP contribution in [0.15, 0.2) is 35.6 Å². The van der Waals surface area contributed by atoms with E-state index in [1.807, 2.05) is 6.92 Å². The van der Waals surface area contributed by atoms with Crippen molar-refractivity contribution >= 4 is 23.2 Å². The van der Waals surface area contributed by atoms with Gasteiger partial charge in [0.1, 0.15) is 23.7 Å². The van der Waals surface area contributed by atoms with Crippen molar-refractivity contribution in [1.29, 1.82) is 0 Å². The number of carbonyl (C=O) groups excluding carboxylic acids is 2. The number of anilines is 1. The average molecular weight is 588 g/mol. The van der Waals surface area contributed by atoms with Crippen LogP contribution >= 0.6 is 0 Å². The number of likely N-dealkylation sites (tertiary alicyclic amines) is 1. The first kappa shape index (κ1) is 29.1. The topological polar surface area (TPSA) is 111 Å². The van der Waals surface area contributed by atoms with E-state index in [1.165, 1.54) is 19.4 Å². The lowest BCUT2D eigenvalue weighted by atomic mass is 9.86. The van der Waals surface area contributed by atoms with Crippen molar-refractivity contribution in [3.63, 3.8) is 0 Å². The number of aromatic nitrogens is 2. The van der Waals surface area contributed by atoms with Gasteiger partial charge in [-0.25, -0.2) is 23.1 Å². The van der Waals surface area contributed by atoms with Crippen LogP contribution in [0.5, 0.6) is 11.5 Å². The molecule has 1 amide bonds. The third-order valence-electron chi connectivity index (χ3n) is 7.66. The molecule has 13 heteroatoms. The van der Waals surface area contributed by atoms with Crippen molar-refractivity contribution in [2.24, 2.45) is 16.8 Å². The Kier molecular flexibility index (Phi) is 7.93. The molecule has 1 aliphatic heterocycles. The van der Waals surface area contributed by atoms with E-state index in [4.69, 9.17) is 10.5 Å². The summed E-state index contributed by atoms with van der Waals surface area (Å²) in [5.74, 6) is -11.0. The van der Waals surface area contributed by atoms with Crippen LogP contribution in [0.2, 0.25) is 0 Å². The number of benzene rings is 2.